The van der Waals surface area contributed by atoms with Gasteiger partial charge in [0.2, 0.25) is 0 Å². The number of phenols is 1. The minimum atomic E-state index is 0.236. The number of benzene rings is 1. The van der Waals surface area contributed by atoms with Crippen molar-refractivity contribution in [3.8, 4) is 11.5 Å². The average Bonchev–Trinajstić information content (AvgIpc) is 2.46. The molecule has 0 saturated heterocycles. The van der Waals surface area contributed by atoms with Crippen LogP contribution in [0.3, 0.4) is 0 Å². The van der Waals surface area contributed by atoms with Gasteiger partial charge in [-0.25, -0.2) is 0 Å². The van der Waals surface area contributed by atoms with Crippen molar-refractivity contribution >= 4 is 6.21 Å². The molecule has 0 aromatic heterocycles. The molecule has 0 aliphatic heterocycles. The predicted octanol–water partition coefficient (Wildman–Crippen LogP) is 4.04. The Bertz CT molecular complexity index is 414. The van der Waals surface area contributed by atoms with Gasteiger partial charge in [0, 0.05) is 18.3 Å². The van der Waals surface area contributed by atoms with Gasteiger partial charge >= 0.3 is 0 Å². The molecule has 0 aliphatic rings. The summed E-state index contributed by atoms with van der Waals surface area (Å²) in [6.07, 6.45) is 5.12. The van der Waals surface area contributed by atoms with Gasteiger partial charge in [0.05, 0.1) is 7.11 Å². The molecule has 3 heteroatoms. The zero-order valence-electron chi connectivity index (χ0n) is 12.4. The van der Waals surface area contributed by atoms with Crippen molar-refractivity contribution in [1.29, 1.82) is 0 Å². The summed E-state index contributed by atoms with van der Waals surface area (Å²) in [6.45, 7) is 7.44. The minimum Gasteiger partial charge on any atom is -0.507 e. The van der Waals surface area contributed by atoms with Crippen molar-refractivity contribution in [1.82, 2.24) is 0 Å². The van der Waals surface area contributed by atoms with Gasteiger partial charge < -0.3 is 9.84 Å². The maximum absolute atomic E-state index is 9.78. The number of methoxy groups -OCH3 is 1. The van der Waals surface area contributed by atoms with Crippen molar-refractivity contribution in [2.24, 2.45) is 10.4 Å². The summed E-state index contributed by atoms with van der Waals surface area (Å²) in [5.41, 5.74) is 0.988. The van der Waals surface area contributed by atoms with Crippen LogP contribution in [0.15, 0.2) is 23.2 Å². The topological polar surface area (TPSA) is 41.8 Å². The Morgan fingerprint density at radius 3 is 2.37 bits per heavy atom. The fourth-order valence-corrected chi connectivity index (χ4v) is 2.19. The number of nitrogens with zero attached hydrogens (tertiary/aromatic N) is 1. The van der Waals surface area contributed by atoms with Crippen LogP contribution in [0.4, 0.5) is 0 Å². The van der Waals surface area contributed by atoms with Crippen LogP contribution in [0.25, 0.3) is 0 Å². The summed E-state index contributed by atoms with van der Waals surface area (Å²) in [5.74, 6) is 0.964. The first-order chi connectivity index (χ1) is 9.10. The van der Waals surface area contributed by atoms with Crippen LogP contribution in [0.1, 0.15) is 45.6 Å². The van der Waals surface area contributed by atoms with Gasteiger partial charge in [0.1, 0.15) is 11.5 Å². The summed E-state index contributed by atoms with van der Waals surface area (Å²) in [4.78, 5) is 4.52. The number of aromatic hydroxyl groups is 1. The highest BCUT2D eigenvalue weighted by Crippen LogP contribution is 2.30. The van der Waals surface area contributed by atoms with E-state index in [2.05, 4.69) is 25.8 Å². The van der Waals surface area contributed by atoms with Crippen molar-refractivity contribution < 1.29 is 9.84 Å². The van der Waals surface area contributed by atoms with E-state index in [1.165, 1.54) is 0 Å². The van der Waals surface area contributed by atoms with E-state index >= 15 is 0 Å². The Balaban J connectivity index is 2.81. The second-order valence-electron chi connectivity index (χ2n) is 4.96. The van der Waals surface area contributed by atoms with E-state index in [4.69, 9.17) is 4.74 Å². The molecule has 0 bridgehead atoms. The van der Waals surface area contributed by atoms with E-state index in [0.717, 1.165) is 31.6 Å². The minimum absolute atomic E-state index is 0.236. The smallest absolute Gasteiger partial charge is 0.124 e. The van der Waals surface area contributed by atoms with Crippen LogP contribution in [-0.4, -0.2) is 25.0 Å². The first-order valence-electron chi connectivity index (χ1n) is 6.97. The Morgan fingerprint density at radius 2 is 1.84 bits per heavy atom. The molecule has 1 N–H and O–H groups in total. The van der Waals surface area contributed by atoms with E-state index in [9.17, 15) is 5.11 Å². The lowest BCUT2D eigenvalue weighted by Crippen LogP contribution is -2.21. The van der Waals surface area contributed by atoms with E-state index in [1.54, 1.807) is 31.5 Å². The van der Waals surface area contributed by atoms with Gasteiger partial charge in [0.15, 0.2) is 0 Å². The highest BCUT2D eigenvalue weighted by Gasteiger charge is 2.22. The van der Waals surface area contributed by atoms with Gasteiger partial charge in [-0.2, -0.15) is 0 Å². The fourth-order valence-electron chi connectivity index (χ4n) is 2.19. The van der Waals surface area contributed by atoms with E-state index < -0.39 is 0 Å². The van der Waals surface area contributed by atoms with Crippen molar-refractivity contribution in [2.45, 2.75) is 40.0 Å². The second-order valence-corrected chi connectivity index (χ2v) is 4.96. The third kappa shape index (κ3) is 3.98. The lowest BCUT2D eigenvalue weighted by molar-refractivity contribution is 0.263. The normalized spacial score (nSPS) is 12.0. The molecule has 0 aliphatic carbocycles. The van der Waals surface area contributed by atoms with Crippen molar-refractivity contribution in [2.75, 3.05) is 13.7 Å². The molecular weight excluding hydrogens is 238 g/mol. The van der Waals surface area contributed by atoms with Crippen LogP contribution >= 0.6 is 0 Å². The standard InChI is InChI=1S/C16H25NO2/c1-5-16(6-2,7-3)12-17-11-13-10-14(19-4)8-9-15(13)18/h8-11,18H,5-7,12H2,1-4H3. The molecule has 0 fully saturated rings. The van der Waals surface area contributed by atoms with Gasteiger partial charge in [-0.3, -0.25) is 4.99 Å². The highest BCUT2D eigenvalue weighted by atomic mass is 16.5. The molecule has 1 rings (SSSR count). The molecule has 0 radical (unpaired) electrons. The van der Waals surface area contributed by atoms with E-state index in [0.29, 0.717) is 5.56 Å². The Kier molecular flexibility index (Phi) is 5.87. The van der Waals surface area contributed by atoms with Crippen molar-refractivity contribution in [3.63, 3.8) is 0 Å². The highest BCUT2D eigenvalue weighted by molar-refractivity contribution is 5.84. The number of hydrogen-bond acceptors (Lipinski definition) is 3. The Labute approximate surface area is 116 Å². The number of rotatable bonds is 7. The molecule has 1 aromatic rings. The van der Waals surface area contributed by atoms with E-state index in [-0.39, 0.29) is 11.2 Å². The largest absolute Gasteiger partial charge is 0.507 e. The lowest BCUT2D eigenvalue weighted by atomic mass is 9.80. The lowest BCUT2D eigenvalue weighted by Gasteiger charge is -2.28. The average molecular weight is 263 g/mol. The van der Waals surface area contributed by atoms with Gasteiger partial charge in [0.25, 0.3) is 0 Å². The third-order valence-corrected chi connectivity index (χ3v) is 4.14. The number of hydrogen-bond donors (Lipinski definition) is 1. The van der Waals surface area contributed by atoms with Crippen molar-refractivity contribution in [3.05, 3.63) is 23.8 Å². The molecule has 0 heterocycles. The molecule has 106 valence electrons. The first kappa shape index (κ1) is 15.5. The Hall–Kier alpha value is -1.51. The predicted molar refractivity (Wildman–Crippen MR) is 80.4 cm³/mol. The molecule has 0 amide bonds. The molecule has 0 spiro atoms. The summed E-state index contributed by atoms with van der Waals surface area (Å²) in [7, 11) is 1.61. The van der Waals surface area contributed by atoms with Crippen LogP contribution in [0.2, 0.25) is 0 Å². The van der Waals surface area contributed by atoms with Gasteiger partial charge in [-0.15, -0.1) is 0 Å². The summed E-state index contributed by atoms with van der Waals surface area (Å²) in [5, 5.41) is 9.78. The quantitative estimate of drug-likeness (QED) is 0.754. The van der Waals surface area contributed by atoms with Crippen LogP contribution in [0, 0.1) is 5.41 Å². The molecule has 1 aromatic carbocycles. The number of ether oxygens (including phenoxy) is 1. The van der Waals surface area contributed by atoms with Gasteiger partial charge in [-0.05, 0) is 42.9 Å². The monoisotopic (exact) mass is 263 g/mol. The maximum Gasteiger partial charge on any atom is 0.124 e. The SMILES string of the molecule is CCC(CC)(CC)CN=Cc1cc(OC)ccc1O. The van der Waals surface area contributed by atoms with Gasteiger partial charge in [-0.1, -0.05) is 20.8 Å². The first-order valence-corrected chi connectivity index (χ1v) is 6.97. The molecule has 0 saturated carbocycles. The molecular formula is C16H25NO2. The third-order valence-electron chi connectivity index (χ3n) is 4.14. The Morgan fingerprint density at radius 1 is 1.21 bits per heavy atom. The zero-order valence-corrected chi connectivity index (χ0v) is 12.4. The van der Waals surface area contributed by atoms with Crippen LogP contribution < -0.4 is 4.74 Å². The molecule has 19 heavy (non-hydrogen) atoms. The summed E-state index contributed by atoms with van der Waals surface area (Å²) < 4.78 is 5.15. The molecule has 0 atom stereocenters. The van der Waals surface area contributed by atoms with E-state index in [1.807, 2.05) is 0 Å². The fraction of sp³-hybridized carbons (Fsp3) is 0.562. The van der Waals surface area contributed by atoms with Crippen LogP contribution in [0.5, 0.6) is 11.5 Å². The molecule has 0 unspecified atom stereocenters. The summed E-state index contributed by atoms with van der Waals surface area (Å²) >= 11 is 0. The molecule has 3 nitrogen and oxygen atoms in total. The number of phenolic OH excluding ortho intramolecular Hbond substituents is 1. The summed E-state index contributed by atoms with van der Waals surface area (Å²) in [6, 6.07) is 5.17. The second kappa shape index (κ2) is 7.17. The maximum atomic E-state index is 9.78. The zero-order chi connectivity index (χ0) is 14.3. The number of aliphatic imine (C=N–C) groups is 1. The van der Waals surface area contributed by atoms with Crippen LogP contribution in [-0.2, 0) is 0 Å².